The van der Waals surface area contributed by atoms with Crippen LogP contribution in [0.3, 0.4) is 0 Å². The van der Waals surface area contributed by atoms with Crippen LogP contribution in [0.5, 0.6) is 0 Å². The van der Waals surface area contributed by atoms with Crippen LogP contribution in [0.25, 0.3) is 17.5 Å². The van der Waals surface area contributed by atoms with Crippen molar-refractivity contribution in [1.29, 1.82) is 5.26 Å². The van der Waals surface area contributed by atoms with Crippen LogP contribution in [0.1, 0.15) is 22.6 Å². The molecule has 1 aliphatic rings. The first-order valence-electron chi connectivity index (χ1n) is 10.5. The van der Waals surface area contributed by atoms with Gasteiger partial charge in [0.1, 0.15) is 15.0 Å². The highest BCUT2D eigenvalue weighted by atomic mass is 32.1. The second-order valence-corrected chi connectivity index (χ2v) is 8.91. The molecule has 0 saturated heterocycles. The van der Waals surface area contributed by atoms with Crippen molar-refractivity contribution in [1.82, 2.24) is 9.55 Å². The molecule has 3 aromatic rings. The van der Waals surface area contributed by atoms with Gasteiger partial charge in [0.05, 0.1) is 30.2 Å². The van der Waals surface area contributed by atoms with Crippen LogP contribution in [0.2, 0.25) is 0 Å². The predicted octanol–water partition coefficient (Wildman–Crippen LogP) is 1.11. The molecule has 0 saturated carbocycles. The Bertz CT molecular complexity index is 1610. The van der Waals surface area contributed by atoms with E-state index in [9.17, 15) is 19.6 Å². The van der Waals surface area contributed by atoms with Crippen molar-refractivity contribution in [2.45, 2.75) is 19.8 Å². The molecule has 176 valence electrons. The van der Waals surface area contributed by atoms with E-state index < -0.39 is 23.4 Å². The van der Waals surface area contributed by atoms with Crippen molar-refractivity contribution < 1.29 is 14.3 Å². The zero-order valence-corrected chi connectivity index (χ0v) is 20.0. The van der Waals surface area contributed by atoms with E-state index in [2.05, 4.69) is 21.1 Å². The third-order valence-electron chi connectivity index (χ3n) is 5.75. The fourth-order valence-corrected chi connectivity index (χ4v) is 4.97. The number of benzene rings is 1. The number of esters is 1. The molecule has 3 heterocycles. The number of carbonyl (C=O) groups is 2. The fourth-order valence-electron chi connectivity index (χ4n) is 3.83. The number of thiazole rings is 1. The maximum atomic E-state index is 13.7. The van der Waals surface area contributed by atoms with Gasteiger partial charge in [-0.15, -0.1) is 11.3 Å². The van der Waals surface area contributed by atoms with Crippen molar-refractivity contribution in [3.05, 3.63) is 84.5 Å². The molecular formula is C25H21N5O4S. The van der Waals surface area contributed by atoms with Crippen LogP contribution in [0.4, 0.5) is 5.69 Å². The molecule has 0 spiro atoms. The topological polar surface area (TPSA) is 140 Å². The van der Waals surface area contributed by atoms with Gasteiger partial charge in [0.25, 0.3) is 11.5 Å². The number of nitrogens with two attached hydrogens (primary N) is 1. The minimum atomic E-state index is -0.871. The highest BCUT2D eigenvalue weighted by Gasteiger charge is 2.35. The first-order chi connectivity index (χ1) is 16.8. The van der Waals surface area contributed by atoms with Gasteiger partial charge < -0.3 is 15.8 Å². The fraction of sp³-hybridized carbons (Fsp3) is 0.160. The van der Waals surface area contributed by atoms with Crippen LogP contribution < -0.4 is 25.8 Å². The Hall–Kier alpha value is -4.49. The number of allylic oxidation sites excluding steroid dienone is 1. The Morgan fingerprint density at radius 1 is 1.29 bits per heavy atom. The van der Waals surface area contributed by atoms with E-state index in [-0.39, 0.29) is 26.2 Å². The Balaban J connectivity index is 2.03. The molecule has 0 radical (unpaired) electrons. The first-order valence-corrected chi connectivity index (χ1v) is 11.3. The number of aryl methyl sites for hydroxylation is 2. The molecule has 0 unspecified atom stereocenters. The zero-order chi connectivity index (χ0) is 25.3. The molecule has 10 heteroatoms. The molecular weight excluding hydrogens is 466 g/mol. The predicted molar refractivity (Wildman–Crippen MR) is 132 cm³/mol. The van der Waals surface area contributed by atoms with Crippen LogP contribution in [-0.4, -0.2) is 28.5 Å². The van der Waals surface area contributed by atoms with Crippen LogP contribution >= 0.6 is 11.3 Å². The summed E-state index contributed by atoms with van der Waals surface area (Å²) in [4.78, 5) is 42.8. The van der Waals surface area contributed by atoms with E-state index in [0.717, 1.165) is 33.1 Å². The minimum absolute atomic E-state index is 0.0235. The van der Waals surface area contributed by atoms with E-state index in [1.165, 1.54) is 7.11 Å². The van der Waals surface area contributed by atoms with E-state index in [1.54, 1.807) is 30.6 Å². The summed E-state index contributed by atoms with van der Waals surface area (Å²) in [6.07, 6.45) is 4.15. The minimum Gasteiger partial charge on any atom is -0.466 e. The van der Waals surface area contributed by atoms with Crippen molar-refractivity contribution in [3.63, 3.8) is 0 Å². The van der Waals surface area contributed by atoms with Gasteiger partial charge in [-0.1, -0.05) is 12.1 Å². The summed E-state index contributed by atoms with van der Waals surface area (Å²) in [5, 5.41) is 12.9. The SMILES string of the molecule is COC(=O)/C=c1\sc2n(c1=O)C(N)=C(C#N)[C@@H](c1cccnc1)C=2C(=O)Nc1ccc(C)c(C)c1. The average Bonchev–Trinajstić information content (AvgIpc) is 3.17. The van der Waals surface area contributed by atoms with Gasteiger partial charge in [-0.25, -0.2) is 4.79 Å². The van der Waals surface area contributed by atoms with E-state index in [1.807, 2.05) is 26.0 Å². The number of nitriles is 1. The summed E-state index contributed by atoms with van der Waals surface area (Å²) in [5.74, 6) is -2.22. The van der Waals surface area contributed by atoms with Gasteiger partial charge in [-0.2, -0.15) is 5.26 Å². The Morgan fingerprint density at radius 3 is 2.69 bits per heavy atom. The monoisotopic (exact) mass is 487 g/mol. The number of hydrogen-bond acceptors (Lipinski definition) is 8. The second-order valence-electron chi connectivity index (χ2n) is 7.88. The lowest BCUT2D eigenvalue weighted by atomic mass is 9.84. The number of anilines is 1. The molecule has 35 heavy (non-hydrogen) atoms. The molecule has 2 aromatic heterocycles. The normalized spacial score (nSPS) is 15.4. The molecule has 1 aromatic carbocycles. The van der Waals surface area contributed by atoms with Gasteiger partial charge in [-0.3, -0.25) is 19.1 Å². The third-order valence-corrected chi connectivity index (χ3v) is 6.85. The molecule has 0 fully saturated rings. The van der Waals surface area contributed by atoms with E-state index in [4.69, 9.17) is 5.73 Å². The summed E-state index contributed by atoms with van der Waals surface area (Å²) in [6.45, 7) is 3.89. The van der Waals surface area contributed by atoms with Crippen molar-refractivity contribution in [3.8, 4) is 6.07 Å². The Labute approximate surface area is 204 Å². The van der Waals surface area contributed by atoms with Gasteiger partial charge in [0, 0.05) is 24.2 Å². The third kappa shape index (κ3) is 4.25. The van der Waals surface area contributed by atoms with Crippen molar-refractivity contribution in [2.24, 2.45) is 5.73 Å². The number of ether oxygens (including phenoxy) is 1. The number of nitrogens with zero attached hydrogens (tertiary/aromatic N) is 3. The quantitative estimate of drug-likeness (QED) is 0.526. The molecule has 1 atom stereocenters. The molecule has 0 aliphatic carbocycles. The maximum Gasteiger partial charge on any atom is 0.332 e. The lowest BCUT2D eigenvalue weighted by Gasteiger charge is -2.25. The molecule has 0 bridgehead atoms. The summed E-state index contributed by atoms with van der Waals surface area (Å²) < 4.78 is 5.99. The number of amides is 1. The summed E-state index contributed by atoms with van der Waals surface area (Å²) >= 11 is 0.925. The number of rotatable bonds is 4. The number of nitrogens with one attached hydrogen (secondary N) is 1. The van der Waals surface area contributed by atoms with Crippen molar-refractivity contribution in [2.75, 3.05) is 12.4 Å². The van der Waals surface area contributed by atoms with Gasteiger partial charge in [0.2, 0.25) is 0 Å². The molecule has 3 N–H and O–H groups in total. The molecule has 1 amide bonds. The largest absolute Gasteiger partial charge is 0.466 e. The second kappa shape index (κ2) is 9.40. The number of carbonyl (C=O) groups excluding carboxylic acids is 2. The number of aromatic nitrogens is 2. The van der Waals surface area contributed by atoms with Crippen LogP contribution in [0, 0.1) is 25.2 Å². The Kier molecular flexibility index (Phi) is 6.36. The zero-order valence-electron chi connectivity index (χ0n) is 19.2. The van der Waals surface area contributed by atoms with Crippen molar-refractivity contribution >= 4 is 46.4 Å². The first kappa shape index (κ1) is 23.7. The number of hydrogen-bond donors (Lipinski definition) is 2. The molecule has 4 rings (SSSR count). The van der Waals surface area contributed by atoms with Gasteiger partial charge in [0.15, 0.2) is 0 Å². The summed E-state index contributed by atoms with van der Waals surface area (Å²) in [5.41, 5.74) is 9.02. The number of fused-ring (bicyclic) bond motifs is 1. The highest BCUT2D eigenvalue weighted by molar-refractivity contribution is 7.07. The summed E-state index contributed by atoms with van der Waals surface area (Å²) in [7, 11) is 1.19. The van der Waals surface area contributed by atoms with Crippen LogP contribution in [0.15, 0.2) is 53.1 Å². The maximum absolute atomic E-state index is 13.7. The van der Waals surface area contributed by atoms with E-state index >= 15 is 0 Å². The number of methoxy groups -OCH3 is 1. The van der Waals surface area contributed by atoms with Gasteiger partial charge in [-0.05, 0) is 48.7 Å². The summed E-state index contributed by atoms with van der Waals surface area (Å²) in [6, 6.07) is 11.0. The molecule has 9 nitrogen and oxygen atoms in total. The Morgan fingerprint density at radius 2 is 2.06 bits per heavy atom. The van der Waals surface area contributed by atoms with Gasteiger partial charge >= 0.3 is 5.97 Å². The lowest BCUT2D eigenvalue weighted by molar-refractivity contribution is -0.133. The number of pyridine rings is 1. The van der Waals surface area contributed by atoms with Crippen LogP contribution in [-0.2, 0) is 14.3 Å². The lowest BCUT2D eigenvalue weighted by Crippen LogP contribution is -2.40. The smallest absolute Gasteiger partial charge is 0.332 e. The molecule has 1 aliphatic heterocycles. The standard InChI is InChI=1S/C25H21N5O4S/c1-13-6-7-16(9-14(13)2)29-23(32)21-20(15-5-4-8-28-12-15)17(11-26)22(27)30-24(33)18(35-25(21)30)10-19(31)34-3/h4-10,12,20H,27H2,1-3H3,(H,29,32)/b18-10-/t20-/m1/s1. The average molecular weight is 488 g/mol. The highest BCUT2D eigenvalue weighted by Crippen LogP contribution is 2.36. The van der Waals surface area contributed by atoms with E-state index in [0.29, 0.717) is 11.3 Å².